The molecule has 160 valence electrons. The van der Waals surface area contributed by atoms with Crippen molar-refractivity contribution in [3.8, 4) is 22.4 Å². The number of hydrogen-bond acceptors (Lipinski definition) is 5. The van der Waals surface area contributed by atoms with Crippen molar-refractivity contribution in [1.29, 1.82) is 0 Å². The van der Waals surface area contributed by atoms with Gasteiger partial charge in [0.25, 0.3) is 0 Å². The smallest absolute Gasteiger partial charge is 0.320 e. The Hall–Kier alpha value is -4.03. The number of nitrogens with one attached hydrogen (secondary N) is 1. The van der Waals surface area contributed by atoms with Crippen LogP contribution in [0.2, 0.25) is 0 Å². The second kappa shape index (κ2) is 9.85. The van der Waals surface area contributed by atoms with Gasteiger partial charge in [-0.05, 0) is 28.7 Å². The fourth-order valence-corrected chi connectivity index (χ4v) is 3.48. The number of aliphatic carboxylic acids is 1. The Morgan fingerprint density at radius 1 is 0.875 bits per heavy atom. The number of nitrogens with zero attached hydrogens (tertiary/aromatic N) is 2. The van der Waals surface area contributed by atoms with Crippen molar-refractivity contribution in [1.82, 2.24) is 9.97 Å². The zero-order valence-corrected chi connectivity index (χ0v) is 17.5. The third-order valence-electron chi connectivity index (χ3n) is 5.24. The molecular formula is C26H24N4O2. The van der Waals surface area contributed by atoms with Gasteiger partial charge in [0.15, 0.2) is 0 Å². The number of nitrogens with two attached hydrogens (primary N) is 1. The highest BCUT2D eigenvalue weighted by atomic mass is 16.4. The Kier molecular flexibility index (Phi) is 6.53. The summed E-state index contributed by atoms with van der Waals surface area (Å²) >= 11 is 0. The van der Waals surface area contributed by atoms with Crippen LogP contribution in [0.25, 0.3) is 22.4 Å². The third kappa shape index (κ3) is 5.17. The Labute approximate surface area is 186 Å². The normalized spacial score (nSPS) is 11.7. The molecule has 6 heteroatoms. The molecule has 4 rings (SSSR count). The second-order valence-electron chi connectivity index (χ2n) is 7.51. The number of carbonyl (C=O) groups is 1. The van der Waals surface area contributed by atoms with E-state index in [4.69, 9.17) is 10.8 Å². The summed E-state index contributed by atoms with van der Waals surface area (Å²) in [6, 6.07) is 25.2. The molecule has 0 spiro atoms. The van der Waals surface area contributed by atoms with Crippen LogP contribution in [0, 0.1) is 0 Å². The molecule has 0 amide bonds. The molecule has 0 aliphatic heterocycles. The van der Waals surface area contributed by atoms with Crippen molar-refractivity contribution in [2.45, 2.75) is 19.0 Å². The highest BCUT2D eigenvalue weighted by molar-refractivity contribution is 5.73. The highest BCUT2D eigenvalue weighted by Gasteiger charge is 2.12. The van der Waals surface area contributed by atoms with E-state index >= 15 is 0 Å². The molecule has 0 radical (unpaired) electrons. The van der Waals surface area contributed by atoms with Crippen molar-refractivity contribution >= 4 is 11.8 Å². The third-order valence-corrected chi connectivity index (χ3v) is 5.24. The number of hydrogen-bond donors (Lipinski definition) is 3. The molecule has 1 heterocycles. The molecule has 6 nitrogen and oxygen atoms in total. The monoisotopic (exact) mass is 424 g/mol. The summed E-state index contributed by atoms with van der Waals surface area (Å²) in [5, 5.41) is 12.3. The molecule has 32 heavy (non-hydrogen) atoms. The number of carboxylic acids is 1. The molecule has 0 saturated carbocycles. The van der Waals surface area contributed by atoms with E-state index in [0.717, 1.165) is 16.8 Å². The van der Waals surface area contributed by atoms with Gasteiger partial charge in [-0.3, -0.25) is 9.78 Å². The van der Waals surface area contributed by atoms with Crippen LogP contribution in [0.3, 0.4) is 0 Å². The van der Waals surface area contributed by atoms with Crippen molar-refractivity contribution in [3.05, 3.63) is 102 Å². The molecule has 4 aromatic rings. The first-order chi connectivity index (χ1) is 15.6. The summed E-state index contributed by atoms with van der Waals surface area (Å²) in [4.78, 5) is 19.9. The molecule has 0 bridgehead atoms. The lowest BCUT2D eigenvalue weighted by atomic mass is 10.00. The van der Waals surface area contributed by atoms with E-state index in [2.05, 4.69) is 39.6 Å². The van der Waals surface area contributed by atoms with Crippen LogP contribution in [-0.4, -0.2) is 27.1 Å². The summed E-state index contributed by atoms with van der Waals surface area (Å²) in [6.45, 7) is 0.637. The fraction of sp³-hybridized carbons (Fsp3) is 0.115. The van der Waals surface area contributed by atoms with E-state index < -0.39 is 12.0 Å². The molecule has 1 aromatic heterocycles. The zero-order valence-electron chi connectivity index (χ0n) is 17.5. The van der Waals surface area contributed by atoms with Crippen molar-refractivity contribution in [3.63, 3.8) is 0 Å². The fourth-order valence-electron chi connectivity index (χ4n) is 3.48. The van der Waals surface area contributed by atoms with Crippen LogP contribution < -0.4 is 11.1 Å². The number of anilines is 1. The first-order valence-corrected chi connectivity index (χ1v) is 10.4. The van der Waals surface area contributed by atoms with Crippen molar-refractivity contribution in [2.24, 2.45) is 5.73 Å². The predicted molar refractivity (Wildman–Crippen MR) is 126 cm³/mol. The van der Waals surface area contributed by atoms with Crippen molar-refractivity contribution < 1.29 is 9.90 Å². The lowest BCUT2D eigenvalue weighted by Crippen LogP contribution is -2.32. The molecule has 0 unspecified atom stereocenters. The average molecular weight is 425 g/mol. The zero-order chi connectivity index (χ0) is 22.3. The van der Waals surface area contributed by atoms with Gasteiger partial charge in [-0.15, -0.1) is 0 Å². The minimum absolute atomic E-state index is 0.286. The number of rotatable bonds is 8. The van der Waals surface area contributed by atoms with E-state index in [1.807, 2.05) is 54.6 Å². The second-order valence-corrected chi connectivity index (χ2v) is 7.51. The van der Waals surface area contributed by atoms with Crippen molar-refractivity contribution in [2.75, 3.05) is 5.32 Å². The van der Waals surface area contributed by atoms with Crippen LogP contribution in [0.5, 0.6) is 0 Å². The van der Waals surface area contributed by atoms with E-state index in [-0.39, 0.29) is 6.42 Å². The molecule has 0 fully saturated rings. The lowest BCUT2D eigenvalue weighted by Gasteiger charge is -2.11. The van der Waals surface area contributed by atoms with Gasteiger partial charge in [-0.25, -0.2) is 4.98 Å². The van der Waals surface area contributed by atoms with Gasteiger partial charge in [-0.2, -0.15) is 0 Å². The number of carboxylic acid groups (broad SMARTS) is 1. The topological polar surface area (TPSA) is 101 Å². The first kappa shape index (κ1) is 21.2. The quantitative estimate of drug-likeness (QED) is 0.388. The van der Waals surface area contributed by atoms with E-state index in [0.29, 0.717) is 12.4 Å². The Morgan fingerprint density at radius 2 is 1.59 bits per heavy atom. The van der Waals surface area contributed by atoms with Gasteiger partial charge >= 0.3 is 5.97 Å². The van der Waals surface area contributed by atoms with Gasteiger partial charge in [-0.1, -0.05) is 78.9 Å². The first-order valence-electron chi connectivity index (χ1n) is 10.4. The van der Waals surface area contributed by atoms with E-state index in [1.165, 1.54) is 16.7 Å². The van der Waals surface area contributed by atoms with Crippen LogP contribution in [-0.2, 0) is 17.8 Å². The van der Waals surface area contributed by atoms with Crippen LogP contribution in [0.1, 0.15) is 11.1 Å². The minimum atomic E-state index is -1.01. The van der Waals surface area contributed by atoms with Gasteiger partial charge in [0.2, 0.25) is 0 Å². The van der Waals surface area contributed by atoms with Gasteiger partial charge < -0.3 is 16.2 Å². The Morgan fingerprint density at radius 3 is 2.28 bits per heavy atom. The standard InChI is InChI=1S/C26H24N4O2/c27-23(26(31)32)14-18-10-12-20(13-11-18)24-16-30-25(17-28-24)29-15-21-8-4-5-9-22(21)19-6-2-1-3-7-19/h1-13,16-17,23H,14-15,27H2,(H,29,30)(H,31,32)/t23-/m0/s1. The summed E-state index contributed by atoms with van der Waals surface area (Å²) in [7, 11) is 0. The van der Waals surface area contributed by atoms with Gasteiger partial charge in [0, 0.05) is 12.1 Å². The number of benzene rings is 3. The summed E-state index contributed by atoms with van der Waals surface area (Å²) in [5.41, 5.74) is 11.7. The lowest BCUT2D eigenvalue weighted by molar-refractivity contribution is -0.138. The molecule has 0 aliphatic carbocycles. The Bertz CT molecular complexity index is 1180. The largest absolute Gasteiger partial charge is 0.480 e. The van der Waals surface area contributed by atoms with Gasteiger partial charge in [0.05, 0.1) is 18.1 Å². The molecule has 0 saturated heterocycles. The number of aromatic nitrogens is 2. The minimum Gasteiger partial charge on any atom is -0.480 e. The SMILES string of the molecule is N[C@@H](Cc1ccc(-c2cnc(NCc3ccccc3-c3ccccc3)cn2)cc1)C(=O)O. The Balaban J connectivity index is 1.42. The van der Waals surface area contributed by atoms with Crippen LogP contribution >= 0.6 is 0 Å². The van der Waals surface area contributed by atoms with E-state index in [1.54, 1.807) is 12.4 Å². The van der Waals surface area contributed by atoms with E-state index in [9.17, 15) is 4.79 Å². The average Bonchev–Trinajstić information content (AvgIpc) is 2.84. The molecular weight excluding hydrogens is 400 g/mol. The predicted octanol–water partition coefficient (Wildman–Crippen LogP) is 4.38. The summed E-state index contributed by atoms with van der Waals surface area (Å²) in [5.74, 6) is -0.310. The summed E-state index contributed by atoms with van der Waals surface area (Å²) < 4.78 is 0. The summed E-state index contributed by atoms with van der Waals surface area (Å²) in [6.07, 6.45) is 3.73. The van der Waals surface area contributed by atoms with Crippen LogP contribution in [0.4, 0.5) is 5.82 Å². The maximum Gasteiger partial charge on any atom is 0.320 e. The molecule has 4 N–H and O–H groups in total. The molecule has 1 atom stereocenters. The maximum absolute atomic E-state index is 10.9. The molecule has 3 aromatic carbocycles. The van der Waals surface area contributed by atoms with Crippen LogP contribution in [0.15, 0.2) is 91.3 Å². The maximum atomic E-state index is 10.9. The van der Waals surface area contributed by atoms with Gasteiger partial charge in [0.1, 0.15) is 11.9 Å². The molecule has 0 aliphatic rings. The highest BCUT2D eigenvalue weighted by Crippen LogP contribution is 2.24.